The molecule has 1 atom stereocenters. The Morgan fingerprint density at radius 3 is 2.48 bits per heavy atom. The fourth-order valence-corrected chi connectivity index (χ4v) is 5.00. The van der Waals surface area contributed by atoms with Crippen LogP contribution in [0.4, 0.5) is 13.9 Å². The predicted molar refractivity (Wildman–Crippen MR) is 122 cm³/mol. The van der Waals surface area contributed by atoms with Crippen molar-refractivity contribution < 1.29 is 23.5 Å². The number of aliphatic hydroxyl groups is 1. The van der Waals surface area contributed by atoms with E-state index in [0.29, 0.717) is 5.52 Å². The Morgan fingerprint density at radius 2 is 1.76 bits per heavy atom. The van der Waals surface area contributed by atoms with Crippen molar-refractivity contribution in [3.8, 4) is 0 Å². The Labute approximate surface area is 191 Å². The van der Waals surface area contributed by atoms with E-state index in [1.165, 1.54) is 41.7 Å². The van der Waals surface area contributed by atoms with Gasteiger partial charge in [-0.15, -0.1) is 0 Å². The van der Waals surface area contributed by atoms with Gasteiger partial charge in [0.2, 0.25) is 0 Å². The molecular formula is C25H16F2N2O3S. The lowest BCUT2D eigenvalue weighted by Crippen LogP contribution is -2.29. The average molecular weight is 462 g/mol. The SMILES string of the molecule is Cc1ccc2nc(N3C(=O)C(=O)C(=C(O)c4ccc(F)cc4)[C@@H]3c3ccccc3F)sc2c1. The Hall–Kier alpha value is -3.91. The summed E-state index contributed by atoms with van der Waals surface area (Å²) in [4.78, 5) is 31.9. The van der Waals surface area contributed by atoms with Crippen LogP contribution in [0.3, 0.4) is 0 Å². The second kappa shape index (κ2) is 7.90. The summed E-state index contributed by atoms with van der Waals surface area (Å²) in [5.41, 5.74) is 1.52. The maximum atomic E-state index is 14.9. The molecule has 1 N–H and O–H groups in total. The zero-order valence-electron chi connectivity index (χ0n) is 17.3. The molecule has 1 aliphatic rings. The summed E-state index contributed by atoms with van der Waals surface area (Å²) in [5.74, 6) is -3.58. The van der Waals surface area contributed by atoms with Crippen molar-refractivity contribution in [3.05, 3.63) is 101 Å². The Bertz CT molecular complexity index is 1460. The topological polar surface area (TPSA) is 70.5 Å². The van der Waals surface area contributed by atoms with Gasteiger partial charge in [-0.3, -0.25) is 14.5 Å². The third-order valence-corrected chi connectivity index (χ3v) is 6.52. The van der Waals surface area contributed by atoms with E-state index in [-0.39, 0.29) is 21.8 Å². The van der Waals surface area contributed by atoms with Gasteiger partial charge in [0.25, 0.3) is 5.78 Å². The van der Waals surface area contributed by atoms with E-state index in [0.717, 1.165) is 27.3 Å². The molecule has 5 rings (SSSR count). The molecule has 2 heterocycles. The lowest BCUT2D eigenvalue weighted by Gasteiger charge is -2.23. The average Bonchev–Trinajstić information content (AvgIpc) is 3.32. The van der Waals surface area contributed by atoms with Gasteiger partial charge < -0.3 is 5.11 Å². The monoisotopic (exact) mass is 462 g/mol. The Morgan fingerprint density at radius 1 is 1.03 bits per heavy atom. The normalized spacial score (nSPS) is 17.8. The lowest BCUT2D eigenvalue weighted by atomic mass is 9.95. The summed E-state index contributed by atoms with van der Waals surface area (Å²) in [6.07, 6.45) is 0. The van der Waals surface area contributed by atoms with Crippen molar-refractivity contribution in [1.82, 2.24) is 4.98 Å². The third-order valence-electron chi connectivity index (χ3n) is 5.50. The quantitative estimate of drug-likeness (QED) is 0.248. The number of carbonyl (C=O) groups excluding carboxylic acids is 2. The summed E-state index contributed by atoms with van der Waals surface area (Å²) >= 11 is 1.20. The van der Waals surface area contributed by atoms with Crippen LogP contribution in [0.1, 0.15) is 22.7 Å². The van der Waals surface area contributed by atoms with Gasteiger partial charge in [-0.05, 0) is 55.0 Å². The molecule has 1 amide bonds. The summed E-state index contributed by atoms with van der Waals surface area (Å²) in [5, 5.41) is 11.2. The van der Waals surface area contributed by atoms with Crippen molar-refractivity contribution in [2.75, 3.05) is 4.90 Å². The van der Waals surface area contributed by atoms with Crippen LogP contribution in [0.15, 0.2) is 72.3 Å². The van der Waals surface area contributed by atoms with E-state index in [4.69, 9.17) is 0 Å². The summed E-state index contributed by atoms with van der Waals surface area (Å²) < 4.78 is 29.1. The summed E-state index contributed by atoms with van der Waals surface area (Å²) in [6.45, 7) is 1.92. The minimum atomic E-state index is -1.24. The molecule has 0 bridgehead atoms. The number of hydrogen-bond acceptors (Lipinski definition) is 5. The highest BCUT2D eigenvalue weighted by atomic mass is 32.1. The Balaban J connectivity index is 1.75. The van der Waals surface area contributed by atoms with Crippen LogP contribution in [-0.4, -0.2) is 21.8 Å². The molecule has 1 aliphatic heterocycles. The van der Waals surface area contributed by atoms with Crippen molar-refractivity contribution in [1.29, 1.82) is 0 Å². The second-order valence-corrected chi connectivity index (χ2v) is 8.67. The minimum Gasteiger partial charge on any atom is -0.507 e. The molecule has 1 fully saturated rings. The van der Waals surface area contributed by atoms with Crippen LogP contribution in [0.25, 0.3) is 16.0 Å². The number of nitrogens with zero attached hydrogens (tertiary/aromatic N) is 2. The van der Waals surface area contributed by atoms with Crippen LogP contribution in [-0.2, 0) is 9.59 Å². The fourth-order valence-electron chi connectivity index (χ4n) is 3.91. The first-order chi connectivity index (χ1) is 15.8. The maximum Gasteiger partial charge on any atom is 0.301 e. The number of aryl methyl sites for hydroxylation is 1. The van der Waals surface area contributed by atoms with Gasteiger partial charge in [0.15, 0.2) is 5.13 Å². The van der Waals surface area contributed by atoms with E-state index in [1.54, 1.807) is 12.1 Å². The van der Waals surface area contributed by atoms with Crippen LogP contribution >= 0.6 is 11.3 Å². The van der Waals surface area contributed by atoms with Gasteiger partial charge in [0.05, 0.1) is 15.8 Å². The van der Waals surface area contributed by atoms with E-state index >= 15 is 0 Å². The number of halogens is 2. The second-order valence-electron chi connectivity index (χ2n) is 7.67. The molecule has 0 unspecified atom stereocenters. The molecule has 8 heteroatoms. The van der Waals surface area contributed by atoms with Gasteiger partial charge >= 0.3 is 5.91 Å². The molecule has 1 saturated heterocycles. The molecule has 4 aromatic rings. The molecule has 1 aromatic heterocycles. The first-order valence-corrected chi connectivity index (χ1v) is 10.9. The lowest BCUT2D eigenvalue weighted by molar-refractivity contribution is -0.132. The summed E-state index contributed by atoms with van der Waals surface area (Å²) in [6, 6.07) is 14.9. The zero-order chi connectivity index (χ0) is 23.3. The van der Waals surface area contributed by atoms with Crippen LogP contribution in [0, 0.1) is 18.6 Å². The van der Waals surface area contributed by atoms with Gasteiger partial charge in [-0.1, -0.05) is 35.6 Å². The minimum absolute atomic E-state index is 0.0378. The molecule has 3 aromatic carbocycles. The van der Waals surface area contributed by atoms with Gasteiger partial charge in [-0.2, -0.15) is 0 Å². The van der Waals surface area contributed by atoms with Crippen molar-refractivity contribution in [2.24, 2.45) is 0 Å². The first kappa shape index (κ1) is 21.0. The Kier molecular flexibility index (Phi) is 5.02. The number of hydrogen-bond donors (Lipinski definition) is 1. The third kappa shape index (κ3) is 3.48. The fraction of sp³-hybridized carbons (Fsp3) is 0.0800. The largest absolute Gasteiger partial charge is 0.507 e. The van der Waals surface area contributed by atoms with Crippen molar-refractivity contribution in [3.63, 3.8) is 0 Å². The number of carbonyl (C=O) groups is 2. The van der Waals surface area contributed by atoms with E-state index < -0.39 is 35.1 Å². The number of benzene rings is 3. The van der Waals surface area contributed by atoms with E-state index in [9.17, 15) is 23.5 Å². The number of aromatic nitrogens is 1. The number of rotatable bonds is 3. The zero-order valence-corrected chi connectivity index (χ0v) is 18.1. The van der Waals surface area contributed by atoms with Crippen LogP contribution in [0.5, 0.6) is 0 Å². The number of fused-ring (bicyclic) bond motifs is 1. The van der Waals surface area contributed by atoms with Gasteiger partial charge in [0, 0.05) is 11.1 Å². The number of amides is 1. The number of ketones is 1. The first-order valence-electron chi connectivity index (χ1n) is 10.0. The number of anilines is 1. The van der Waals surface area contributed by atoms with Gasteiger partial charge in [-0.25, -0.2) is 13.8 Å². The van der Waals surface area contributed by atoms with Crippen LogP contribution in [0.2, 0.25) is 0 Å². The standard InChI is InChI=1S/C25H16F2N2O3S/c1-13-6-11-18-19(12-13)33-25(28-18)29-21(16-4-2-3-5-17(16)27)20(23(31)24(29)32)22(30)14-7-9-15(26)10-8-14/h2-12,21,30H,1H3/t21-/m0/s1. The molecule has 0 spiro atoms. The van der Waals surface area contributed by atoms with E-state index in [1.807, 2.05) is 19.1 Å². The van der Waals surface area contributed by atoms with Crippen LogP contribution < -0.4 is 4.90 Å². The van der Waals surface area contributed by atoms with Crippen molar-refractivity contribution in [2.45, 2.75) is 13.0 Å². The maximum absolute atomic E-state index is 14.9. The molecule has 5 nitrogen and oxygen atoms in total. The predicted octanol–water partition coefficient (Wildman–Crippen LogP) is 5.51. The highest BCUT2D eigenvalue weighted by Gasteiger charge is 2.49. The highest BCUT2D eigenvalue weighted by Crippen LogP contribution is 2.44. The number of thiazole rings is 1. The molecular weight excluding hydrogens is 446 g/mol. The molecule has 0 radical (unpaired) electrons. The summed E-state index contributed by atoms with van der Waals surface area (Å²) in [7, 11) is 0. The molecule has 0 saturated carbocycles. The van der Waals surface area contributed by atoms with Crippen molar-refractivity contribution >= 4 is 44.1 Å². The smallest absolute Gasteiger partial charge is 0.301 e. The molecule has 0 aliphatic carbocycles. The van der Waals surface area contributed by atoms with Gasteiger partial charge in [0.1, 0.15) is 23.4 Å². The highest BCUT2D eigenvalue weighted by molar-refractivity contribution is 7.22. The molecule has 164 valence electrons. The molecule has 33 heavy (non-hydrogen) atoms. The van der Waals surface area contributed by atoms with E-state index in [2.05, 4.69) is 4.98 Å². The number of aliphatic hydroxyl groups excluding tert-OH is 1. The number of Topliss-reactive ketones (excluding diaryl/α,β-unsaturated/α-hetero) is 1.